The predicted molar refractivity (Wildman–Crippen MR) is 62.6 cm³/mol. The van der Waals surface area contributed by atoms with Crippen molar-refractivity contribution in [3.8, 4) is 0 Å². The number of aliphatic carboxylic acids is 1. The molecule has 2 saturated heterocycles. The van der Waals surface area contributed by atoms with Crippen LogP contribution in [0.4, 0.5) is 0 Å². The average molecular weight is 240 g/mol. The van der Waals surface area contributed by atoms with Crippen molar-refractivity contribution in [1.82, 2.24) is 10.2 Å². The van der Waals surface area contributed by atoms with Crippen LogP contribution in [0.2, 0.25) is 0 Å². The molecule has 5 nitrogen and oxygen atoms in total. The SMILES string of the molecule is CCC1(C(=O)O)CCCN1CC1CCC(=O)N1. The van der Waals surface area contributed by atoms with Crippen molar-refractivity contribution in [2.45, 2.75) is 50.6 Å². The van der Waals surface area contributed by atoms with Crippen molar-refractivity contribution < 1.29 is 14.7 Å². The Bertz CT molecular complexity index is 332. The van der Waals surface area contributed by atoms with Gasteiger partial charge in [0.1, 0.15) is 5.54 Å². The van der Waals surface area contributed by atoms with E-state index in [-0.39, 0.29) is 11.9 Å². The molecule has 1 amide bonds. The molecule has 17 heavy (non-hydrogen) atoms. The summed E-state index contributed by atoms with van der Waals surface area (Å²) in [6.45, 7) is 3.43. The first-order valence-corrected chi connectivity index (χ1v) is 6.36. The fourth-order valence-electron chi connectivity index (χ4n) is 3.07. The van der Waals surface area contributed by atoms with E-state index in [0.717, 1.165) is 25.8 Å². The van der Waals surface area contributed by atoms with Crippen LogP contribution in [0.1, 0.15) is 39.0 Å². The molecule has 2 N–H and O–H groups in total. The minimum atomic E-state index is -0.721. The zero-order chi connectivity index (χ0) is 12.5. The fraction of sp³-hybridized carbons (Fsp3) is 0.833. The van der Waals surface area contributed by atoms with Crippen molar-refractivity contribution in [1.29, 1.82) is 0 Å². The van der Waals surface area contributed by atoms with Crippen LogP contribution in [0.3, 0.4) is 0 Å². The molecule has 0 radical (unpaired) electrons. The predicted octanol–water partition coefficient (Wildman–Crippen LogP) is 0.594. The fourth-order valence-corrected chi connectivity index (χ4v) is 3.07. The van der Waals surface area contributed by atoms with Gasteiger partial charge in [-0.3, -0.25) is 14.5 Å². The van der Waals surface area contributed by atoms with E-state index in [1.165, 1.54) is 0 Å². The summed E-state index contributed by atoms with van der Waals surface area (Å²) >= 11 is 0. The van der Waals surface area contributed by atoms with Gasteiger partial charge in [0.05, 0.1) is 0 Å². The zero-order valence-electron chi connectivity index (χ0n) is 10.2. The first-order valence-electron chi connectivity index (χ1n) is 6.36. The maximum Gasteiger partial charge on any atom is 0.324 e. The molecule has 0 aromatic heterocycles. The quantitative estimate of drug-likeness (QED) is 0.754. The van der Waals surface area contributed by atoms with E-state index in [0.29, 0.717) is 19.4 Å². The standard InChI is InChI=1S/C12H20N2O3/c1-2-12(11(16)17)6-3-7-14(12)8-9-4-5-10(15)13-9/h9H,2-8H2,1H3,(H,13,15)(H,16,17). The first kappa shape index (κ1) is 12.4. The normalized spacial score (nSPS) is 33.9. The molecule has 0 aromatic carbocycles. The minimum Gasteiger partial charge on any atom is -0.480 e. The second kappa shape index (κ2) is 4.64. The Morgan fingerprint density at radius 2 is 2.41 bits per heavy atom. The first-order chi connectivity index (χ1) is 8.08. The lowest BCUT2D eigenvalue weighted by Gasteiger charge is -2.35. The molecular weight excluding hydrogens is 220 g/mol. The van der Waals surface area contributed by atoms with Gasteiger partial charge in [0.2, 0.25) is 5.91 Å². The van der Waals surface area contributed by atoms with Crippen molar-refractivity contribution in [3.63, 3.8) is 0 Å². The number of nitrogens with zero attached hydrogens (tertiary/aromatic N) is 1. The Morgan fingerprint density at radius 3 is 2.94 bits per heavy atom. The minimum absolute atomic E-state index is 0.0895. The van der Waals surface area contributed by atoms with Gasteiger partial charge >= 0.3 is 5.97 Å². The largest absolute Gasteiger partial charge is 0.480 e. The summed E-state index contributed by atoms with van der Waals surface area (Å²) in [4.78, 5) is 24.7. The average Bonchev–Trinajstić information content (AvgIpc) is 2.86. The molecule has 2 rings (SSSR count). The Kier molecular flexibility index (Phi) is 3.38. The van der Waals surface area contributed by atoms with Gasteiger partial charge in [-0.25, -0.2) is 0 Å². The molecule has 0 aromatic rings. The van der Waals surface area contributed by atoms with E-state index >= 15 is 0 Å². The maximum atomic E-state index is 11.5. The Balaban J connectivity index is 2.04. The van der Waals surface area contributed by atoms with E-state index < -0.39 is 11.5 Å². The Hall–Kier alpha value is -1.10. The number of nitrogens with one attached hydrogen (secondary N) is 1. The lowest BCUT2D eigenvalue weighted by Crippen LogP contribution is -2.53. The monoisotopic (exact) mass is 240 g/mol. The topological polar surface area (TPSA) is 69.6 Å². The van der Waals surface area contributed by atoms with Crippen LogP contribution in [0.15, 0.2) is 0 Å². The van der Waals surface area contributed by atoms with Crippen LogP contribution in [-0.4, -0.2) is 46.6 Å². The van der Waals surface area contributed by atoms with Crippen LogP contribution in [0.25, 0.3) is 0 Å². The smallest absolute Gasteiger partial charge is 0.324 e. The highest BCUT2D eigenvalue weighted by Crippen LogP contribution is 2.33. The number of carboxylic acid groups (broad SMARTS) is 1. The number of rotatable bonds is 4. The van der Waals surface area contributed by atoms with Gasteiger partial charge in [0.15, 0.2) is 0 Å². The van der Waals surface area contributed by atoms with Crippen molar-refractivity contribution in [2.24, 2.45) is 0 Å². The number of carboxylic acids is 1. The molecule has 2 atom stereocenters. The maximum absolute atomic E-state index is 11.5. The third-order valence-electron chi connectivity index (χ3n) is 4.13. The molecule has 2 unspecified atom stereocenters. The molecule has 2 heterocycles. The summed E-state index contributed by atoms with van der Waals surface area (Å²) in [6, 6.07) is 0.130. The Morgan fingerprint density at radius 1 is 1.65 bits per heavy atom. The summed E-state index contributed by atoms with van der Waals surface area (Å²) in [5.41, 5.74) is -0.701. The zero-order valence-corrected chi connectivity index (χ0v) is 10.2. The summed E-state index contributed by atoms with van der Waals surface area (Å²) in [6.07, 6.45) is 3.68. The molecule has 2 fully saturated rings. The van der Waals surface area contributed by atoms with Gasteiger partial charge in [-0.15, -0.1) is 0 Å². The van der Waals surface area contributed by atoms with Crippen LogP contribution >= 0.6 is 0 Å². The number of hydrogen-bond donors (Lipinski definition) is 2. The summed E-state index contributed by atoms with van der Waals surface area (Å²) in [5, 5.41) is 12.3. The van der Waals surface area contributed by atoms with Crippen LogP contribution in [-0.2, 0) is 9.59 Å². The molecular formula is C12H20N2O3. The van der Waals surface area contributed by atoms with Crippen molar-refractivity contribution >= 4 is 11.9 Å². The number of likely N-dealkylation sites (tertiary alicyclic amines) is 1. The molecule has 0 bridgehead atoms. The molecule has 2 aliphatic rings. The number of carbonyl (C=O) groups is 2. The highest BCUT2D eigenvalue weighted by molar-refractivity contribution is 5.80. The van der Waals surface area contributed by atoms with Crippen LogP contribution < -0.4 is 5.32 Å². The number of carbonyl (C=O) groups excluding carboxylic acids is 1. The van der Waals surface area contributed by atoms with Crippen LogP contribution in [0.5, 0.6) is 0 Å². The second-order valence-electron chi connectivity index (χ2n) is 5.04. The molecule has 5 heteroatoms. The lowest BCUT2D eigenvalue weighted by atomic mass is 9.92. The number of amides is 1. The van der Waals surface area contributed by atoms with E-state index in [2.05, 4.69) is 5.32 Å². The molecule has 2 aliphatic heterocycles. The summed E-state index contributed by atoms with van der Waals surface area (Å²) < 4.78 is 0. The molecule has 96 valence electrons. The second-order valence-corrected chi connectivity index (χ2v) is 5.04. The van der Waals surface area contributed by atoms with Gasteiger partial charge in [-0.05, 0) is 32.2 Å². The number of hydrogen-bond acceptors (Lipinski definition) is 3. The van der Waals surface area contributed by atoms with E-state index in [1.807, 2.05) is 11.8 Å². The highest BCUT2D eigenvalue weighted by Gasteiger charge is 2.46. The van der Waals surface area contributed by atoms with Gasteiger partial charge in [0.25, 0.3) is 0 Å². The van der Waals surface area contributed by atoms with Gasteiger partial charge < -0.3 is 10.4 Å². The van der Waals surface area contributed by atoms with Gasteiger partial charge in [0, 0.05) is 19.0 Å². The van der Waals surface area contributed by atoms with Crippen molar-refractivity contribution in [2.75, 3.05) is 13.1 Å². The Labute approximate surface area is 101 Å². The van der Waals surface area contributed by atoms with E-state index in [4.69, 9.17) is 0 Å². The molecule has 0 spiro atoms. The van der Waals surface area contributed by atoms with Crippen LogP contribution in [0, 0.1) is 0 Å². The summed E-state index contributed by atoms with van der Waals surface area (Å²) in [5.74, 6) is -0.631. The molecule has 0 saturated carbocycles. The van der Waals surface area contributed by atoms with Gasteiger partial charge in [-0.1, -0.05) is 6.92 Å². The van der Waals surface area contributed by atoms with Gasteiger partial charge in [-0.2, -0.15) is 0 Å². The van der Waals surface area contributed by atoms with E-state index in [9.17, 15) is 14.7 Å². The summed E-state index contributed by atoms with van der Waals surface area (Å²) in [7, 11) is 0. The highest BCUT2D eigenvalue weighted by atomic mass is 16.4. The molecule has 0 aliphatic carbocycles. The van der Waals surface area contributed by atoms with E-state index in [1.54, 1.807) is 0 Å². The third-order valence-corrected chi connectivity index (χ3v) is 4.13. The third kappa shape index (κ3) is 2.16. The van der Waals surface area contributed by atoms with Crippen molar-refractivity contribution in [3.05, 3.63) is 0 Å². The lowest BCUT2D eigenvalue weighted by molar-refractivity contribution is -0.150.